The van der Waals surface area contributed by atoms with Crippen LogP contribution in [0, 0.1) is 0 Å². The number of rotatable bonds is 3. The lowest BCUT2D eigenvalue weighted by Crippen LogP contribution is -2.63. The molecule has 0 amide bonds. The van der Waals surface area contributed by atoms with Crippen LogP contribution in [0.2, 0.25) is 0 Å². The second-order valence-electron chi connectivity index (χ2n) is 6.83. The van der Waals surface area contributed by atoms with Gasteiger partial charge in [0.15, 0.2) is 0 Å². The van der Waals surface area contributed by atoms with Crippen LogP contribution < -0.4 is 10.6 Å². The first kappa shape index (κ1) is 17.6. The van der Waals surface area contributed by atoms with Crippen molar-refractivity contribution in [3.8, 4) is 0 Å². The Morgan fingerprint density at radius 1 is 1.24 bits per heavy atom. The van der Waals surface area contributed by atoms with Crippen LogP contribution in [0.15, 0.2) is 47.7 Å². The molecule has 1 unspecified atom stereocenters. The van der Waals surface area contributed by atoms with Gasteiger partial charge in [-0.05, 0) is 91.5 Å². The summed E-state index contributed by atoms with van der Waals surface area (Å²) in [6, 6.07) is 7.06. The van der Waals surface area contributed by atoms with Gasteiger partial charge >= 0.3 is 0 Å². The first-order valence-corrected chi connectivity index (χ1v) is 11.1. The Morgan fingerprint density at radius 3 is 2.76 bits per heavy atom. The molecule has 5 heteroatoms. The number of hydrogen-bond acceptors (Lipinski definition) is 3. The van der Waals surface area contributed by atoms with Crippen LogP contribution in [0.25, 0.3) is 0 Å². The van der Waals surface area contributed by atoms with Crippen molar-refractivity contribution in [2.45, 2.75) is 50.5 Å². The van der Waals surface area contributed by atoms with E-state index < -0.39 is 0 Å². The summed E-state index contributed by atoms with van der Waals surface area (Å²) in [5.74, 6) is 0. The number of nitrogens with zero attached hydrogens (tertiary/aromatic N) is 2. The van der Waals surface area contributed by atoms with E-state index in [0.717, 1.165) is 18.8 Å². The van der Waals surface area contributed by atoms with Crippen LogP contribution in [0.4, 0.5) is 11.4 Å². The monoisotopic (exact) mass is 466 g/mol. The second-order valence-corrected chi connectivity index (χ2v) is 9.04. The zero-order valence-electron chi connectivity index (χ0n) is 14.9. The van der Waals surface area contributed by atoms with E-state index in [1.165, 1.54) is 56.0 Å². The van der Waals surface area contributed by atoms with E-state index in [1.807, 2.05) is 11.8 Å². The molecule has 1 aromatic carbocycles. The minimum atomic E-state index is 0.324. The van der Waals surface area contributed by atoms with Gasteiger partial charge in [0.05, 0.1) is 19.9 Å². The van der Waals surface area contributed by atoms with Crippen molar-refractivity contribution < 1.29 is 5.73 Å². The predicted molar refractivity (Wildman–Crippen MR) is 116 cm³/mol. The molecule has 0 fully saturated rings. The number of fused-ring (bicyclic) bond motifs is 3. The highest BCUT2D eigenvalue weighted by atomic mass is 127. The number of benzene rings is 1. The smallest absolute Gasteiger partial charge is 0.139 e. The minimum absolute atomic E-state index is 0.324. The Labute approximate surface area is 168 Å². The van der Waals surface area contributed by atoms with Crippen LogP contribution in [-0.2, 0) is 0 Å². The van der Waals surface area contributed by atoms with E-state index >= 15 is 0 Å². The Balaban J connectivity index is 1.81. The van der Waals surface area contributed by atoms with Crippen LogP contribution in [-0.4, -0.2) is 24.8 Å². The first-order chi connectivity index (χ1) is 12.1. The summed E-state index contributed by atoms with van der Waals surface area (Å²) in [5.41, 5.74) is 11.2. The molecule has 0 radical (unpaired) electrons. The van der Waals surface area contributed by atoms with Crippen LogP contribution in [0.5, 0.6) is 0 Å². The number of hydrogen-bond donors (Lipinski definition) is 1. The molecule has 3 nitrogen and oxygen atoms in total. The molecule has 1 heterocycles. The highest BCUT2D eigenvalue weighted by Crippen LogP contribution is 2.50. The van der Waals surface area contributed by atoms with E-state index in [9.17, 15) is 0 Å². The maximum absolute atomic E-state index is 5.12. The van der Waals surface area contributed by atoms with Crippen molar-refractivity contribution in [3.05, 3.63) is 37.8 Å². The predicted octanol–water partition coefficient (Wildman–Crippen LogP) is 4.85. The third kappa shape index (κ3) is 2.98. The molecule has 0 spiro atoms. The quantitative estimate of drug-likeness (QED) is 0.648. The van der Waals surface area contributed by atoms with Crippen molar-refractivity contribution in [2.24, 2.45) is 4.99 Å². The summed E-state index contributed by atoms with van der Waals surface area (Å²) in [5, 5.41) is 0. The number of quaternary nitrogens is 1. The maximum Gasteiger partial charge on any atom is 0.139 e. The van der Waals surface area contributed by atoms with Crippen molar-refractivity contribution in [2.75, 3.05) is 18.0 Å². The Hall–Kier alpha value is -0.790. The average Bonchev–Trinajstić information content (AvgIpc) is 2.66. The van der Waals surface area contributed by atoms with E-state index in [-0.39, 0.29) is 0 Å². The van der Waals surface area contributed by atoms with E-state index in [4.69, 9.17) is 4.99 Å². The standard InChI is InChI=1S/C20H24IN3S/c1-3-24(4-2)12-9-10-15-16(11-12)25-20-17(21)18(22)13-7-5-6-8-14(13)19(20)23-15/h9-11,18H,3-8,22H2,1-2H3/p+1. The molecule has 25 heavy (non-hydrogen) atoms. The normalized spacial score (nSPS) is 22.2. The molecule has 132 valence electrons. The molecule has 0 saturated carbocycles. The first-order valence-electron chi connectivity index (χ1n) is 9.25. The fraction of sp³-hybridized carbons (Fsp3) is 0.450. The molecule has 2 aliphatic carbocycles. The van der Waals surface area contributed by atoms with Gasteiger partial charge in [0, 0.05) is 23.7 Å². The lowest BCUT2D eigenvalue weighted by atomic mass is 9.81. The molecule has 1 aliphatic heterocycles. The minimum Gasteiger partial charge on any atom is -0.372 e. The Bertz CT molecular complexity index is 805. The van der Waals surface area contributed by atoms with Gasteiger partial charge in [-0.15, -0.1) is 0 Å². The van der Waals surface area contributed by atoms with Crippen LogP contribution >= 0.6 is 34.4 Å². The third-order valence-electron chi connectivity index (χ3n) is 5.47. The van der Waals surface area contributed by atoms with E-state index in [1.54, 1.807) is 5.57 Å². The van der Waals surface area contributed by atoms with Gasteiger partial charge in [0.2, 0.25) is 0 Å². The Kier molecular flexibility index (Phi) is 4.99. The third-order valence-corrected chi connectivity index (χ3v) is 8.29. The summed E-state index contributed by atoms with van der Waals surface area (Å²) < 4.78 is 1.38. The van der Waals surface area contributed by atoms with Gasteiger partial charge in [-0.25, -0.2) is 4.99 Å². The second kappa shape index (κ2) is 7.08. The van der Waals surface area contributed by atoms with Crippen molar-refractivity contribution in [3.63, 3.8) is 0 Å². The largest absolute Gasteiger partial charge is 0.372 e. The topological polar surface area (TPSA) is 43.2 Å². The van der Waals surface area contributed by atoms with Crippen LogP contribution in [0.1, 0.15) is 39.5 Å². The fourth-order valence-electron chi connectivity index (χ4n) is 4.05. The van der Waals surface area contributed by atoms with Gasteiger partial charge in [0.1, 0.15) is 6.04 Å². The number of halogens is 1. The average molecular weight is 466 g/mol. The van der Waals surface area contributed by atoms with Gasteiger partial charge in [-0.3, -0.25) is 0 Å². The molecular formula is C20H25IN3S+. The summed E-state index contributed by atoms with van der Waals surface area (Å²) in [6.07, 6.45) is 4.95. The van der Waals surface area contributed by atoms with E-state index in [2.05, 4.69) is 65.3 Å². The molecule has 4 rings (SSSR count). The van der Waals surface area contributed by atoms with E-state index in [0.29, 0.717) is 6.04 Å². The molecular weight excluding hydrogens is 441 g/mol. The lowest BCUT2D eigenvalue weighted by molar-refractivity contribution is -0.392. The van der Waals surface area contributed by atoms with Gasteiger partial charge in [-0.2, -0.15) is 0 Å². The molecule has 0 aromatic heterocycles. The zero-order chi connectivity index (χ0) is 17.6. The van der Waals surface area contributed by atoms with Gasteiger partial charge in [0.25, 0.3) is 0 Å². The summed E-state index contributed by atoms with van der Waals surface area (Å²) in [7, 11) is 0. The van der Waals surface area contributed by atoms with Crippen molar-refractivity contribution >= 4 is 51.4 Å². The summed E-state index contributed by atoms with van der Waals surface area (Å²) in [6.45, 7) is 6.49. The number of allylic oxidation sites excluding steroid dienone is 2. The highest BCUT2D eigenvalue weighted by Gasteiger charge is 2.36. The maximum atomic E-state index is 5.12. The molecule has 1 aromatic rings. The van der Waals surface area contributed by atoms with Gasteiger partial charge in [-0.1, -0.05) is 11.8 Å². The molecule has 3 N–H and O–H groups in total. The lowest BCUT2D eigenvalue weighted by Gasteiger charge is -2.33. The summed E-state index contributed by atoms with van der Waals surface area (Å²) >= 11 is 4.41. The molecule has 3 aliphatic rings. The molecule has 0 saturated heterocycles. The van der Waals surface area contributed by atoms with Crippen molar-refractivity contribution in [1.82, 2.24) is 0 Å². The van der Waals surface area contributed by atoms with Crippen molar-refractivity contribution in [1.29, 1.82) is 0 Å². The fourth-order valence-corrected chi connectivity index (χ4v) is 6.14. The van der Waals surface area contributed by atoms with Crippen LogP contribution in [0.3, 0.4) is 0 Å². The Morgan fingerprint density at radius 2 is 2.00 bits per heavy atom. The van der Waals surface area contributed by atoms with Gasteiger partial charge < -0.3 is 10.6 Å². The number of anilines is 1. The number of thioether (sulfide) groups is 1. The molecule has 1 atom stereocenters. The summed E-state index contributed by atoms with van der Waals surface area (Å²) in [4.78, 5) is 10.1. The zero-order valence-corrected chi connectivity index (χ0v) is 17.9. The number of aliphatic imine (C=N–C) groups is 1. The SMILES string of the molecule is CCN(CC)c1ccc2c(c1)SC1=C(I)C([NH3+])C3=C(CCCC3)C1=N2. The molecule has 0 bridgehead atoms. The highest BCUT2D eigenvalue weighted by molar-refractivity contribution is 14.1.